The number of anilines is 1. The second kappa shape index (κ2) is 11.8. The Hall–Kier alpha value is -2.90. The molecule has 2 amide bonds. The van der Waals surface area contributed by atoms with E-state index in [0.717, 1.165) is 5.56 Å². The summed E-state index contributed by atoms with van der Waals surface area (Å²) in [5.41, 5.74) is 1.57. The summed E-state index contributed by atoms with van der Waals surface area (Å²) in [6.07, 6.45) is 0.310. The SMILES string of the molecule is CCOC(=O)[C@H](Cc1ccccc1)N(COC)C(=O)N(COC)c1ccccc1. The Kier molecular flexibility index (Phi) is 9.14. The smallest absolute Gasteiger partial charge is 0.329 e. The predicted octanol–water partition coefficient (Wildman–Crippen LogP) is 3.30. The number of para-hydroxylation sites is 1. The zero-order valence-corrected chi connectivity index (χ0v) is 17.1. The zero-order chi connectivity index (χ0) is 21.1. The molecule has 2 rings (SSSR count). The summed E-state index contributed by atoms with van der Waals surface area (Å²) in [4.78, 5) is 29.0. The fourth-order valence-corrected chi connectivity index (χ4v) is 2.95. The van der Waals surface area contributed by atoms with Gasteiger partial charge in [0.1, 0.15) is 19.5 Å². The van der Waals surface area contributed by atoms with Crippen LogP contribution in [0.5, 0.6) is 0 Å². The standard InChI is InChI=1S/C22H28N2O5/c1-4-29-21(25)20(15-18-11-7-5-8-12-18)24(17-28-3)22(26)23(16-27-2)19-13-9-6-10-14-19/h5-14,20H,4,15-17H2,1-3H3/t20-/m0/s1. The molecule has 0 aliphatic carbocycles. The van der Waals surface area contributed by atoms with Gasteiger partial charge in [-0.05, 0) is 24.6 Å². The number of carbonyl (C=O) groups excluding carboxylic acids is 2. The van der Waals surface area contributed by atoms with E-state index < -0.39 is 18.0 Å². The largest absolute Gasteiger partial charge is 0.464 e. The molecular weight excluding hydrogens is 372 g/mol. The molecule has 0 saturated heterocycles. The number of esters is 1. The lowest BCUT2D eigenvalue weighted by molar-refractivity contribution is -0.149. The average Bonchev–Trinajstić information content (AvgIpc) is 2.75. The fraction of sp³-hybridized carbons (Fsp3) is 0.364. The third-order valence-electron chi connectivity index (χ3n) is 4.28. The maximum absolute atomic E-state index is 13.4. The summed E-state index contributed by atoms with van der Waals surface area (Å²) in [5.74, 6) is -0.479. The molecule has 7 heteroatoms. The molecule has 0 spiro atoms. The van der Waals surface area contributed by atoms with E-state index in [-0.39, 0.29) is 20.1 Å². The highest BCUT2D eigenvalue weighted by molar-refractivity contribution is 5.94. The molecule has 1 atom stereocenters. The van der Waals surface area contributed by atoms with E-state index in [2.05, 4.69) is 0 Å². The summed E-state index contributed by atoms with van der Waals surface area (Å²) < 4.78 is 15.8. The van der Waals surface area contributed by atoms with Gasteiger partial charge in [0.05, 0.1) is 6.61 Å². The van der Waals surface area contributed by atoms with Gasteiger partial charge < -0.3 is 14.2 Å². The maximum atomic E-state index is 13.4. The van der Waals surface area contributed by atoms with Crippen molar-refractivity contribution in [3.05, 3.63) is 66.2 Å². The average molecular weight is 400 g/mol. The molecule has 0 aliphatic rings. The highest BCUT2D eigenvalue weighted by atomic mass is 16.5. The topological polar surface area (TPSA) is 68.3 Å². The number of ether oxygens (including phenoxy) is 3. The molecule has 0 saturated carbocycles. The van der Waals surface area contributed by atoms with Crippen LogP contribution in [-0.2, 0) is 25.4 Å². The molecule has 156 valence electrons. The van der Waals surface area contributed by atoms with Gasteiger partial charge in [-0.2, -0.15) is 0 Å². The van der Waals surface area contributed by atoms with Crippen molar-refractivity contribution in [2.75, 3.05) is 39.2 Å². The van der Waals surface area contributed by atoms with Crippen LogP contribution >= 0.6 is 0 Å². The normalized spacial score (nSPS) is 11.6. The molecule has 0 radical (unpaired) electrons. The fourth-order valence-electron chi connectivity index (χ4n) is 2.95. The summed E-state index contributed by atoms with van der Waals surface area (Å²) >= 11 is 0. The van der Waals surface area contributed by atoms with Crippen LogP contribution in [0.25, 0.3) is 0 Å². The van der Waals surface area contributed by atoms with Crippen LogP contribution in [0, 0.1) is 0 Å². The van der Waals surface area contributed by atoms with Crippen LogP contribution in [0.2, 0.25) is 0 Å². The third kappa shape index (κ3) is 6.30. The minimum atomic E-state index is -0.840. The van der Waals surface area contributed by atoms with E-state index in [1.165, 1.54) is 24.0 Å². The number of hydrogen-bond donors (Lipinski definition) is 0. The molecule has 2 aromatic rings. The molecular formula is C22H28N2O5. The minimum absolute atomic E-state index is 0.0317. The Bertz CT molecular complexity index is 754. The van der Waals surface area contributed by atoms with Crippen LogP contribution in [0.15, 0.2) is 60.7 Å². The summed E-state index contributed by atoms with van der Waals surface area (Å²) in [6, 6.07) is 17.4. The van der Waals surface area contributed by atoms with Crippen LogP contribution < -0.4 is 4.90 Å². The first-order valence-corrected chi connectivity index (χ1v) is 9.44. The van der Waals surface area contributed by atoms with Crippen molar-refractivity contribution in [3.63, 3.8) is 0 Å². The first-order chi connectivity index (χ1) is 14.1. The van der Waals surface area contributed by atoms with Gasteiger partial charge in [0, 0.05) is 26.3 Å². The molecule has 0 fully saturated rings. The number of nitrogens with zero attached hydrogens (tertiary/aromatic N) is 2. The number of methoxy groups -OCH3 is 2. The van der Waals surface area contributed by atoms with E-state index in [1.807, 2.05) is 48.5 Å². The van der Waals surface area contributed by atoms with E-state index in [1.54, 1.807) is 19.1 Å². The van der Waals surface area contributed by atoms with E-state index in [0.29, 0.717) is 12.1 Å². The van der Waals surface area contributed by atoms with Crippen molar-refractivity contribution in [3.8, 4) is 0 Å². The number of benzene rings is 2. The Balaban J connectivity index is 2.38. The van der Waals surface area contributed by atoms with Gasteiger partial charge in [-0.15, -0.1) is 0 Å². The van der Waals surface area contributed by atoms with E-state index in [9.17, 15) is 9.59 Å². The zero-order valence-electron chi connectivity index (χ0n) is 17.1. The molecule has 0 N–H and O–H groups in total. The van der Waals surface area contributed by atoms with Crippen molar-refractivity contribution in [1.82, 2.24) is 4.90 Å². The minimum Gasteiger partial charge on any atom is -0.464 e. The van der Waals surface area contributed by atoms with Gasteiger partial charge in [-0.25, -0.2) is 9.59 Å². The molecule has 0 bridgehead atoms. The molecule has 0 aliphatic heterocycles. The van der Waals surface area contributed by atoms with Gasteiger partial charge >= 0.3 is 12.0 Å². The highest BCUT2D eigenvalue weighted by Gasteiger charge is 2.34. The molecule has 0 heterocycles. The quantitative estimate of drug-likeness (QED) is 0.452. The van der Waals surface area contributed by atoms with Crippen LogP contribution in [0.4, 0.5) is 10.5 Å². The van der Waals surface area contributed by atoms with Gasteiger partial charge in [-0.1, -0.05) is 48.5 Å². The number of carbonyl (C=O) groups is 2. The number of amides is 2. The number of urea groups is 1. The molecule has 2 aromatic carbocycles. The Morgan fingerprint density at radius 2 is 1.48 bits per heavy atom. The maximum Gasteiger partial charge on any atom is 0.329 e. The van der Waals surface area contributed by atoms with Crippen LogP contribution in [-0.4, -0.2) is 57.2 Å². The first-order valence-electron chi connectivity index (χ1n) is 9.44. The van der Waals surface area contributed by atoms with Crippen molar-refractivity contribution < 1.29 is 23.8 Å². The number of hydrogen-bond acceptors (Lipinski definition) is 5. The Morgan fingerprint density at radius 1 is 0.897 bits per heavy atom. The monoisotopic (exact) mass is 400 g/mol. The molecule has 29 heavy (non-hydrogen) atoms. The van der Waals surface area contributed by atoms with Crippen molar-refractivity contribution in [1.29, 1.82) is 0 Å². The summed E-state index contributed by atoms with van der Waals surface area (Å²) in [6.45, 7) is 1.92. The second-order valence-electron chi connectivity index (χ2n) is 6.31. The second-order valence-corrected chi connectivity index (χ2v) is 6.31. The predicted molar refractivity (Wildman–Crippen MR) is 110 cm³/mol. The highest BCUT2D eigenvalue weighted by Crippen LogP contribution is 2.19. The lowest BCUT2D eigenvalue weighted by Gasteiger charge is -2.34. The molecule has 0 unspecified atom stereocenters. The van der Waals surface area contributed by atoms with Crippen molar-refractivity contribution >= 4 is 17.7 Å². The number of rotatable bonds is 10. The lowest BCUT2D eigenvalue weighted by Crippen LogP contribution is -2.53. The van der Waals surface area contributed by atoms with Gasteiger partial charge in [0.25, 0.3) is 0 Å². The van der Waals surface area contributed by atoms with Gasteiger partial charge in [-0.3, -0.25) is 9.80 Å². The third-order valence-corrected chi connectivity index (χ3v) is 4.28. The van der Waals surface area contributed by atoms with Gasteiger partial charge in [0.15, 0.2) is 0 Å². The summed E-state index contributed by atoms with van der Waals surface area (Å²) in [5, 5.41) is 0. The molecule has 0 aromatic heterocycles. The lowest BCUT2D eigenvalue weighted by atomic mass is 10.1. The van der Waals surface area contributed by atoms with Crippen LogP contribution in [0.1, 0.15) is 12.5 Å². The van der Waals surface area contributed by atoms with E-state index in [4.69, 9.17) is 14.2 Å². The molecule has 7 nitrogen and oxygen atoms in total. The summed E-state index contributed by atoms with van der Waals surface area (Å²) in [7, 11) is 2.99. The van der Waals surface area contributed by atoms with Crippen molar-refractivity contribution in [2.24, 2.45) is 0 Å². The Morgan fingerprint density at radius 3 is 2.03 bits per heavy atom. The Labute approximate surface area is 171 Å². The van der Waals surface area contributed by atoms with E-state index >= 15 is 0 Å². The first kappa shape index (κ1) is 22.4. The van der Waals surface area contributed by atoms with Crippen molar-refractivity contribution in [2.45, 2.75) is 19.4 Å². The van der Waals surface area contributed by atoms with Gasteiger partial charge in [0.2, 0.25) is 0 Å². The van der Waals surface area contributed by atoms with Crippen LogP contribution in [0.3, 0.4) is 0 Å².